The lowest BCUT2D eigenvalue weighted by Crippen LogP contribution is -2.42. The summed E-state index contributed by atoms with van der Waals surface area (Å²) >= 11 is 0. The van der Waals surface area contributed by atoms with Gasteiger partial charge in [0.1, 0.15) is 11.6 Å². The number of piperidine rings is 1. The number of carbonyl (C=O) groups excluding carboxylic acids is 2. The fraction of sp³-hybridized carbons (Fsp3) is 0.389. The molecule has 0 spiro atoms. The summed E-state index contributed by atoms with van der Waals surface area (Å²) in [5.74, 6) is 0.864. The van der Waals surface area contributed by atoms with Crippen molar-refractivity contribution < 1.29 is 14.3 Å². The largest absolute Gasteiger partial charge is 0.496 e. The van der Waals surface area contributed by atoms with E-state index in [0.29, 0.717) is 30.2 Å². The van der Waals surface area contributed by atoms with Crippen LogP contribution in [-0.2, 0) is 4.79 Å². The summed E-state index contributed by atoms with van der Waals surface area (Å²) in [6.45, 7) is 1.31. The molecular weight excluding hydrogens is 370 g/mol. The average Bonchev–Trinajstić information content (AvgIpc) is 3.15. The molecule has 1 aromatic carbocycles. The second-order valence-electron chi connectivity index (χ2n) is 6.13. The van der Waals surface area contributed by atoms with E-state index in [-0.39, 0.29) is 36.8 Å². The number of anilines is 1. The molecule has 1 aliphatic heterocycles. The van der Waals surface area contributed by atoms with E-state index in [2.05, 4.69) is 10.4 Å². The second-order valence-corrected chi connectivity index (χ2v) is 6.13. The topological polar surface area (TPSA) is 102 Å². The molecule has 1 aliphatic rings. The van der Waals surface area contributed by atoms with Gasteiger partial charge in [0.25, 0.3) is 5.91 Å². The third kappa shape index (κ3) is 4.58. The molecule has 0 bridgehead atoms. The highest BCUT2D eigenvalue weighted by molar-refractivity contribution is 6.05. The van der Waals surface area contributed by atoms with Crippen LogP contribution in [0.3, 0.4) is 0 Å². The number of nitrogens with two attached hydrogens (primary N) is 1. The number of likely N-dealkylation sites (tertiary alicyclic amines) is 1. The Bertz CT molecular complexity index is 787. The van der Waals surface area contributed by atoms with Crippen LogP contribution in [0.4, 0.5) is 5.82 Å². The van der Waals surface area contributed by atoms with Crippen molar-refractivity contribution in [3.63, 3.8) is 0 Å². The van der Waals surface area contributed by atoms with Crippen molar-refractivity contribution in [3.05, 3.63) is 42.1 Å². The number of methoxy groups -OCH3 is 1. The van der Waals surface area contributed by atoms with Crippen molar-refractivity contribution in [2.24, 2.45) is 5.73 Å². The number of aromatic nitrogens is 2. The number of hydrogen-bond acceptors (Lipinski definition) is 5. The van der Waals surface area contributed by atoms with Gasteiger partial charge >= 0.3 is 0 Å². The van der Waals surface area contributed by atoms with E-state index >= 15 is 0 Å². The zero-order valence-electron chi connectivity index (χ0n) is 15.1. The van der Waals surface area contributed by atoms with Gasteiger partial charge < -0.3 is 20.7 Å². The minimum Gasteiger partial charge on any atom is -0.496 e. The highest BCUT2D eigenvalue weighted by Gasteiger charge is 2.25. The van der Waals surface area contributed by atoms with Gasteiger partial charge in [0.05, 0.1) is 31.5 Å². The van der Waals surface area contributed by atoms with Crippen LogP contribution < -0.4 is 15.8 Å². The Labute approximate surface area is 164 Å². The van der Waals surface area contributed by atoms with Crippen LogP contribution >= 0.6 is 12.4 Å². The first-order chi connectivity index (χ1) is 12.6. The molecule has 0 aliphatic carbocycles. The van der Waals surface area contributed by atoms with Gasteiger partial charge in [0, 0.05) is 19.2 Å². The smallest absolute Gasteiger partial charge is 0.260 e. The first-order valence-electron chi connectivity index (χ1n) is 8.59. The molecule has 0 atom stereocenters. The Morgan fingerprint density at radius 1 is 1.26 bits per heavy atom. The van der Waals surface area contributed by atoms with E-state index in [1.54, 1.807) is 35.4 Å². The van der Waals surface area contributed by atoms with Crippen LogP contribution in [0.2, 0.25) is 0 Å². The number of nitrogens with zero attached hydrogens (tertiary/aromatic N) is 3. The lowest BCUT2D eigenvalue weighted by atomic mass is 10.1. The van der Waals surface area contributed by atoms with Crippen molar-refractivity contribution in [2.75, 3.05) is 32.1 Å². The molecule has 1 saturated heterocycles. The maximum absolute atomic E-state index is 12.6. The fourth-order valence-corrected chi connectivity index (χ4v) is 3.21. The number of para-hydroxylation sites is 1. The second kappa shape index (κ2) is 9.38. The van der Waals surface area contributed by atoms with E-state index in [4.69, 9.17) is 10.5 Å². The van der Waals surface area contributed by atoms with Crippen LogP contribution in [0.15, 0.2) is 36.5 Å². The first-order valence-corrected chi connectivity index (χ1v) is 8.59. The Morgan fingerprint density at radius 3 is 2.63 bits per heavy atom. The number of amides is 2. The third-order valence-electron chi connectivity index (χ3n) is 4.60. The van der Waals surface area contributed by atoms with Gasteiger partial charge in [-0.3, -0.25) is 9.59 Å². The van der Waals surface area contributed by atoms with Crippen LogP contribution in [0.5, 0.6) is 5.75 Å². The summed E-state index contributed by atoms with van der Waals surface area (Å²) in [5.41, 5.74) is 5.89. The lowest BCUT2D eigenvalue weighted by molar-refractivity contribution is -0.130. The van der Waals surface area contributed by atoms with Gasteiger partial charge in [0.15, 0.2) is 0 Å². The number of hydrogen-bond donors (Lipinski definition) is 2. The Hall–Kier alpha value is -2.58. The van der Waals surface area contributed by atoms with E-state index in [1.807, 2.05) is 10.7 Å². The number of carbonyl (C=O) groups is 2. The standard InChI is InChI=1S/C18H23N5O3.ClH/c1-26-15-5-3-2-4-14(15)18(25)21-16-6-9-20-23(16)13-7-10-22(11-8-13)17(24)12-19;/h2-6,9,13H,7-8,10-12,19H2,1H3,(H,21,25);1H. The molecule has 3 N–H and O–H groups in total. The number of nitrogens with one attached hydrogen (secondary N) is 1. The van der Waals surface area contributed by atoms with Gasteiger partial charge in [0.2, 0.25) is 5.91 Å². The monoisotopic (exact) mass is 393 g/mol. The van der Waals surface area contributed by atoms with Crippen molar-refractivity contribution in [1.82, 2.24) is 14.7 Å². The predicted octanol–water partition coefficient (Wildman–Crippen LogP) is 1.69. The molecule has 1 fully saturated rings. The van der Waals surface area contributed by atoms with Gasteiger partial charge in [-0.1, -0.05) is 12.1 Å². The average molecular weight is 394 g/mol. The summed E-state index contributed by atoms with van der Waals surface area (Å²) in [5, 5.41) is 7.27. The molecule has 2 amide bonds. The zero-order chi connectivity index (χ0) is 18.5. The number of halogens is 1. The van der Waals surface area contributed by atoms with Crippen molar-refractivity contribution in [2.45, 2.75) is 18.9 Å². The molecule has 146 valence electrons. The molecule has 1 aromatic heterocycles. The summed E-state index contributed by atoms with van der Waals surface area (Å²) in [7, 11) is 1.53. The molecule has 0 unspecified atom stereocenters. The minimum atomic E-state index is -0.250. The number of rotatable bonds is 5. The predicted molar refractivity (Wildman–Crippen MR) is 104 cm³/mol. The van der Waals surface area contributed by atoms with Crippen LogP contribution in [0, 0.1) is 0 Å². The molecule has 9 heteroatoms. The van der Waals surface area contributed by atoms with E-state index < -0.39 is 0 Å². The quantitative estimate of drug-likeness (QED) is 0.804. The number of ether oxygens (including phenoxy) is 1. The van der Waals surface area contributed by atoms with Gasteiger partial charge in [-0.25, -0.2) is 4.68 Å². The van der Waals surface area contributed by atoms with Crippen LogP contribution in [0.1, 0.15) is 29.2 Å². The highest BCUT2D eigenvalue weighted by atomic mass is 35.5. The van der Waals surface area contributed by atoms with Crippen molar-refractivity contribution >= 4 is 30.0 Å². The van der Waals surface area contributed by atoms with Crippen molar-refractivity contribution in [3.8, 4) is 5.75 Å². The Balaban J connectivity index is 0.00000261. The maximum Gasteiger partial charge on any atom is 0.260 e. The van der Waals surface area contributed by atoms with E-state index in [0.717, 1.165) is 12.8 Å². The van der Waals surface area contributed by atoms with Crippen LogP contribution in [0.25, 0.3) is 0 Å². The molecule has 3 rings (SSSR count). The highest BCUT2D eigenvalue weighted by Crippen LogP contribution is 2.26. The maximum atomic E-state index is 12.6. The Kier molecular flexibility index (Phi) is 7.20. The fourth-order valence-electron chi connectivity index (χ4n) is 3.21. The third-order valence-corrected chi connectivity index (χ3v) is 4.60. The SMILES string of the molecule is COc1ccccc1C(=O)Nc1ccnn1C1CCN(C(=O)CN)CC1.Cl. The van der Waals surface area contributed by atoms with Crippen LogP contribution in [-0.4, -0.2) is 53.2 Å². The summed E-state index contributed by atoms with van der Waals surface area (Å²) < 4.78 is 7.06. The summed E-state index contributed by atoms with van der Waals surface area (Å²) in [6, 6.07) is 8.96. The lowest BCUT2D eigenvalue weighted by Gasteiger charge is -2.32. The Morgan fingerprint density at radius 2 is 1.96 bits per heavy atom. The molecule has 8 nitrogen and oxygen atoms in total. The van der Waals surface area contributed by atoms with Gasteiger partial charge in [-0.05, 0) is 25.0 Å². The van der Waals surface area contributed by atoms with Gasteiger partial charge in [-0.2, -0.15) is 5.10 Å². The molecule has 27 heavy (non-hydrogen) atoms. The molecule has 0 saturated carbocycles. The van der Waals surface area contributed by atoms with Crippen molar-refractivity contribution in [1.29, 1.82) is 0 Å². The van der Waals surface area contributed by atoms with E-state index in [1.165, 1.54) is 7.11 Å². The molecule has 2 aromatic rings. The summed E-state index contributed by atoms with van der Waals surface area (Å²) in [6.07, 6.45) is 3.20. The van der Waals surface area contributed by atoms with E-state index in [9.17, 15) is 9.59 Å². The number of benzene rings is 1. The first kappa shape index (κ1) is 20.7. The molecule has 2 heterocycles. The van der Waals surface area contributed by atoms with Gasteiger partial charge in [-0.15, -0.1) is 12.4 Å². The minimum absolute atomic E-state index is 0. The normalized spacial score (nSPS) is 14.4. The summed E-state index contributed by atoms with van der Waals surface area (Å²) in [4.78, 5) is 26.1. The zero-order valence-corrected chi connectivity index (χ0v) is 15.9. The molecule has 0 radical (unpaired) electrons. The molecular formula is C18H24ClN5O3.